The van der Waals surface area contributed by atoms with Crippen molar-refractivity contribution in [2.75, 3.05) is 12.4 Å². The fraction of sp³-hybridized carbons (Fsp3) is 0.143. The summed E-state index contributed by atoms with van der Waals surface area (Å²) in [4.78, 5) is 17.8. The first-order valence-corrected chi connectivity index (χ1v) is 9.38. The highest BCUT2D eigenvalue weighted by Crippen LogP contribution is 2.33. The van der Waals surface area contributed by atoms with E-state index >= 15 is 0 Å². The lowest BCUT2D eigenvalue weighted by molar-refractivity contribution is 0.460. The van der Waals surface area contributed by atoms with Crippen molar-refractivity contribution < 1.29 is 13.3 Å². The third kappa shape index (κ3) is 2.71. The minimum absolute atomic E-state index is 0.00753. The number of benzene rings is 2. The summed E-state index contributed by atoms with van der Waals surface area (Å²) in [6.07, 6.45) is 1.43. The van der Waals surface area contributed by atoms with E-state index in [2.05, 4.69) is 20.6 Å². The fourth-order valence-electron chi connectivity index (χ4n) is 3.72. The Hall–Kier alpha value is -4.08. The molecule has 5 aromatic rings. The van der Waals surface area contributed by atoms with E-state index in [0.29, 0.717) is 22.5 Å². The van der Waals surface area contributed by atoms with Crippen molar-refractivity contribution in [1.29, 1.82) is 0 Å². The highest BCUT2D eigenvalue weighted by molar-refractivity contribution is 5.99. The van der Waals surface area contributed by atoms with Crippen molar-refractivity contribution >= 4 is 28.0 Å². The molecule has 3 heterocycles. The van der Waals surface area contributed by atoms with Gasteiger partial charge in [-0.2, -0.15) is 5.10 Å². The van der Waals surface area contributed by atoms with Gasteiger partial charge in [0.2, 0.25) is 0 Å². The lowest BCUT2D eigenvalue weighted by Gasteiger charge is -2.11. The van der Waals surface area contributed by atoms with Crippen LogP contribution in [-0.4, -0.2) is 31.5 Å². The van der Waals surface area contributed by atoms with Gasteiger partial charge in [-0.1, -0.05) is 11.2 Å². The first-order valence-electron chi connectivity index (χ1n) is 9.38. The Bertz CT molecular complexity index is 1550. The molecular weight excluding hydrogens is 406 g/mol. The lowest BCUT2D eigenvalue weighted by atomic mass is 10.0. The van der Waals surface area contributed by atoms with Crippen molar-refractivity contribution in [3.05, 3.63) is 64.1 Å². The molecule has 0 saturated carbocycles. The molecule has 156 valence electrons. The zero-order valence-electron chi connectivity index (χ0n) is 16.8. The molecule has 1 N–H and O–H groups in total. The monoisotopic (exact) mass is 422 g/mol. The Labute approximate surface area is 173 Å². The van der Waals surface area contributed by atoms with E-state index in [9.17, 15) is 13.6 Å². The fourth-order valence-corrected chi connectivity index (χ4v) is 3.72. The van der Waals surface area contributed by atoms with E-state index in [-0.39, 0.29) is 17.0 Å². The van der Waals surface area contributed by atoms with E-state index < -0.39 is 17.2 Å². The maximum absolute atomic E-state index is 14.3. The Morgan fingerprint density at radius 1 is 1.16 bits per heavy atom. The Morgan fingerprint density at radius 2 is 1.97 bits per heavy atom. The summed E-state index contributed by atoms with van der Waals surface area (Å²) < 4.78 is 35.7. The maximum atomic E-state index is 14.3. The Kier molecular flexibility index (Phi) is 4.10. The highest BCUT2D eigenvalue weighted by Gasteiger charge is 2.22. The van der Waals surface area contributed by atoms with Gasteiger partial charge in [-0.15, -0.1) is 0 Å². The summed E-state index contributed by atoms with van der Waals surface area (Å²) in [5.41, 5.74) is 2.13. The molecule has 3 aromatic heterocycles. The second-order valence-corrected chi connectivity index (χ2v) is 7.10. The van der Waals surface area contributed by atoms with Crippen LogP contribution in [0.1, 0.15) is 5.56 Å². The number of rotatable bonds is 3. The first-order chi connectivity index (χ1) is 14.9. The lowest BCUT2D eigenvalue weighted by Crippen LogP contribution is -2.22. The van der Waals surface area contributed by atoms with E-state index in [1.54, 1.807) is 14.1 Å². The summed E-state index contributed by atoms with van der Waals surface area (Å²) in [6.45, 7) is 1.85. The third-order valence-electron chi connectivity index (χ3n) is 5.24. The minimum Gasteiger partial charge on any atom is -0.370 e. The van der Waals surface area contributed by atoms with Crippen LogP contribution >= 0.6 is 0 Å². The molecule has 8 nitrogen and oxygen atoms in total. The van der Waals surface area contributed by atoms with Gasteiger partial charge in [-0.05, 0) is 30.7 Å². The number of aryl methyl sites for hydroxylation is 2. The second kappa shape index (κ2) is 6.73. The van der Waals surface area contributed by atoms with E-state index in [0.717, 1.165) is 23.1 Å². The normalized spacial score (nSPS) is 11.5. The van der Waals surface area contributed by atoms with Gasteiger partial charge >= 0.3 is 0 Å². The zero-order chi connectivity index (χ0) is 21.9. The van der Waals surface area contributed by atoms with Gasteiger partial charge in [0.1, 0.15) is 22.7 Å². The summed E-state index contributed by atoms with van der Waals surface area (Å²) >= 11 is 0. The van der Waals surface area contributed by atoms with Gasteiger partial charge in [-0.3, -0.25) is 9.36 Å². The number of halogens is 2. The Balaban J connectivity index is 1.80. The van der Waals surface area contributed by atoms with Crippen LogP contribution in [-0.2, 0) is 7.05 Å². The molecule has 0 radical (unpaired) electrons. The predicted molar refractivity (Wildman–Crippen MR) is 111 cm³/mol. The average molecular weight is 422 g/mol. The topological polar surface area (TPSA) is 90.8 Å². The molecule has 31 heavy (non-hydrogen) atoms. The quantitative estimate of drug-likeness (QED) is 0.478. The van der Waals surface area contributed by atoms with Gasteiger partial charge in [0.05, 0.1) is 17.1 Å². The smallest absolute Gasteiger partial charge is 0.278 e. The van der Waals surface area contributed by atoms with Gasteiger partial charge in [-0.25, -0.2) is 18.4 Å². The molecule has 0 aliphatic rings. The van der Waals surface area contributed by atoms with Crippen LogP contribution in [0.5, 0.6) is 0 Å². The number of anilines is 1. The van der Waals surface area contributed by atoms with Crippen LogP contribution < -0.4 is 10.9 Å². The van der Waals surface area contributed by atoms with Crippen molar-refractivity contribution in [2.45, 2.75) is 6.92 Å². The average Bonchev–Trinajstić information content (AvgIpc) is 3.35. The number of hydrogen-bond donors (Lipinski definition) is 1. The Morgan fingerprint density at radius 3 is 2.71 bits per heavy atom. The van der Waals surface area contributed by atoms with E-state index in [4.69, 9.17) is 4.52 Å². The number of fused-ring (bicyclic) bond motifs is 2. The second-order valence-electron chi connectivity index (χ2n) is 7.10. The molecule has 0 saturated heterocycles. The number of nitrogens with zero attached hydrogens (tertiary/aromatic N) is 5. The van der Waals surface area contributed by atoms with Crippen molar-refractivity contribution in [3.8, 4) is 16.9 Å². The van der Waals surface area contributed by atoms with Gasteiger partial charge < -0.3 is 9.84 Å². The molecule has 10 heteroatoms. The van der Waals surface area contributed by atoms with Gasteiger partial charge in [0.25, 0.3) is 5.56 Å². The van der Waals surface area contributed by atoms with Crippen molar-refractivity contribution in [3.63, 3.8) is 0 Å². The minimum atomic E-state index is -0.802. The van der Waals surface area contributed by atoms with Crippen LogP contribution in [0.25, 0.3) is 39.1 Å². The third-order valence-corrected chi connectivity index (χ3v) is 5.24. The summed E-state index contributed by atoms with van der Waals surface area (Å²) in [5.74, 6) is -0.958. The maximum Gasteiger partial charge on any atom is 0.278 e. The van der Waals surface area contributed by atoms with E-state index in [1.807, 2.05) is 19.1 Å². The largest absolute Gasteiger partial charge is 0.370 e. The molecule has 5 rings (SSSR count). The molecule has 0 spiro atoms. The first kappa shape index (κ1) is 18.9. The van der Waals surface area contributed by atoms with Crippen LogP contribution in [0.15, 0.2) is 45.8 Å². The number of aromatic nitrogens is 5. The summed E-state index contributed by atoms with van der Waals surface area (Å²) in [6, 6.07) is 6.86. The van der Waals surface area contributed by atoms with E-state index in [1.165, 1.54) is 21.5 Å². The zero-order valence-corrected chi connectivity index (χ0v) is 16.8. The molecule has 0 bridgehead atoms. The molecule has 0 aliphatic heterocycles. The molecule has 0 fully saturated rings. The predicted octanol–water partition coefficient (Wildman–Crippen LogP) is 3.56. The molecule has 0 aliphatic carbocycles. The molecular formula is C21H16F2N6O2. The molecule has 0 amide bonds. The van der Waals surface area contributed by atoms with Crippen LogP contribution in [0.3, 0.4) is 0 Å². The SMILES string of the molecule is CNc1noc2c(-c3nc4cnn(-c5ccc(F)cc5F)c4n(C)c3=O)c(C)ccc12. The van der Waals surface area contributed by atoms with Crippen LogP contribution in [0, 0.1) is 18.6 Å². The summed E-state index contributed by atoms with van der Waals surface area (Å²) in [7, 11) is 3.27. The molecule has 0 unspecified atom stereocenters. The van der Waals surface area contributed by atoms with Crippen molar-refractivity contribution in [1.82, 2.24) is 24.5 Å². The highest BCUT2D eigenvalue weighted by atomic mass is 19.1. The number of hydrogen-bond acceptors (Lipinski definition) is 6. The molecule has 2 aromatic carbocycles. The standard InChI is InChI=1S/C21H16F2N6O2/c1-10-4-6-12-18(31-27-19(12)24-2)16(10)17-21(30)28(3)20-14(26-17)9-25-29(20)15-7-5-11(22)8-13(15)23/h4-9H,1-3H3,(H,24,27). The molecule has 0 atom stereocenters. The van der Waals surface area contributed by atoms with Gasteiger partial charge in [0.15, 0.2) is 22.9 Å². The number of nitrogens with one attached hydrogen (secondary N) is 1. The van der Waals surface area contributed by atoms with Gasteiger partial charge in [0, 0.05) is 20.2 Å². The van der Waals surface area contributed by atoms with Crippen LogP contribution in [0.4, 0.5) is 14.6 Å². The van der Waals surface area contributed by atoms with Crippen molar-refractivity contribution in [2.24, 2.45) is 7.05 Å². The summed E-state index contributed by atoms with van der Waals surface area (Å²) in [5, 5.41) is 11.9. The van der Waals surface area contributed by atoms with Crippen LogP contribution in [0.2, 0.25) is 0 Å².